The molecule has 0 amide bonds. The number of nitrogens with one attached hydrogen (secondary N) is 1. The average Bonchev–Trinajstić information content (AvgIpc) is 2.98. The van der Waals surface area contributed by atoms with E-state index in [4.69, 9.17) is 4.99 Å². The number of rotatable bonds is 4. The minimum absolute atomic E-state index is 0.548. The number of aliphatic imine (C=N–C) groups is 1. The fourth-order valence-corrected chi connectivity index (χ4v) is 3.69. The highest BCUT2D eigenvalue weighted by atomic mass is 15.3. The summed E-state index contributed by atoms with van der Waals surface area (Å²) in [6.07, 6.45) is 1.15. The van der Waals surface area contributed by atoms with Gasteiger partial charge < -0.3 is 14.8 Å². The van der Waals surface area contributed by atoms with Gasteiger partial charge in [-0.25, -0.2) is 4.99 Å². The summed E-state index contributed by atoms with van der Waals surface area (Å²) in [7, 11) is 1.99. The molecule has 1 N–H and O–H groups in total. The van der Waals surface area contributed by atoms with Crippen molar-refractivity contribution >= 4 is 5.96 Å². The van der Waals surface area contributed by atoms with Crippen LogP contribution in [0.3, 0.4) is 0 Å². The van der Waals surface area contributed by atoms with E-state index in [2.05, 4.69) is 64.6 Å². The maximum Gasteiger partial charge on any atom is 0.194 e. The van der Waals surface area contributed by atoms with Crippen molar-refractivity contribution < 1.29 is 0 Å². The minimum atomic E-state index is 0.548. The van der Waals surface area contributed by atoms with Crippen molar-refractivity contribution in [1.29, 1.82) is 0 Å². The number of guanidine groups is 1. The third-order valence-corrected chi connectivity index (χ3v) is 5.32. The van der Waals surface area contributed by atoms with E-state index in [1.54, 1.807) is 0 Å². The van der Waals surface area contributed by atoms with Crippen LogP contribution in [0.4, 0.5) is 0 Å². The number of aryl methyl sites for hydroxylation is 1. The Balaban J connectivity index is 1.69. The van der Waals surface area contributed by atoms with E-state index in [1.165, 1.54) is 5.56 Å². The topological polar surface area (TPSA) is 58.3 Å². The highest BCUT2D eigenvalue weighted by Crippen LogP contribution is 2.32. The molecule has 1 aliphatic rings. The molecule has 2 heterocycles. The molecule has 0 radical (unpaired) electrons. The first kappa shape index (κ1) is 18.4. The van der Waals surface area contributed by atoms with E-state index in [0.717, 1.165) is 43.7 Å². The van der Waals surface area contributed by atoms with Gasteiger partial charge in [0.05, 0.1) is 0 Å². The molecule has 6 nitrogen and oxygen atoms in total. The first-order valence-electron chi connectivity index (χ1n) is 9.53. The zero-order chi connectivity index (χ0) is 18.5. The Morgan fingerprint density at radius 1 is 1.27 bits per heavy atom. The normalized spacial score (nSPS) is 21.1. The molecule has 0 saturated carbocycles. The summed E-state index contributed by atoms with van der Waals surface area (Å²) < 4.78 is 2.00. The molecule has 26 heavy (non-hydrogen) atoms. The van der Waals surface area contributed by atoms with E-state index < -0.39 is 0 Å². The van der Waals surface area contributed by atoms with Crippen LogP contribution in [0.2, 0.25) is 0 Å². The fraction of sp³-hybridized carbons (Fsp3) is 0.550. The zero-order valence-corrected chi connectivity index (χ0v) is 16.3. The predicted molar refractivity (Wildman–Crippen MR) is 105 cm³/mol. The Hall–Kier alpha value is -2.37. The van der Waals surface area contributed by atoms with Crippen molar-refractivity contribution in [2.45, 2.75) is 39.7 Å². The molecule has 140 valence electrons. The molecular weight excluding hydrogens is 324 g/mol. The number of hydrogen-bond acceptors (Lipinski definition) is 3. The molecule has 1 aromatic heterocycles. The number of aromatic nitrogens is 3. The molecule has 1 fully saturated rings. The maximum absolute atomic E-state index is 4.82. The minimum Gasteiger partial charge on any atom is -0.357 e. The standard InChI is InChI=1S/C20H30N6/c1-5-21-20(22-13-19-24-23-16(3)25(19)4)26-12-11-18(15(2)14-26)17-9-7-6-8-10-17/h6-10,15,18H,5,11-14H2,1-4H3,(H,21,22). The van der Waals surface area contributed by atoms with Gasteiger partial charge in [-0.15, -0.1) is 10.2 Å². The lowest BCUT2D eigenvalue weighted by Gasteiger charge is -2.39. The summed E-state index contributed by atoms with van der Waals surface area (Å²) in [4.78, 5) is 7.21. The molecule has 6 heteroatoms. The predicted octanol–water partition coefficient (Wildman–Crippen LogP) is 2.71. The van der Waals surface area contributed by atoms with Gasteiger partial charge in [0.2, 0.25) is 0 Å². The van der Waals surface area contributed by atoms with Crippen LogP contribution in [0.1, 0.15) is 43.4 Å². The quantitative estimate of drug-likeness (QED) is 0.677. The van der Waals surface area contributed by atoms with E-state index in [1.807, 2.05) is 18.5 Å². The van der Waals surface area contributed by atoms with E-state index in [0.29, 0.717) is 18.4 Å². The second-order valence-corrected chi connectivity index (χ2v) is 7.12. The first-order valence-corrected chi connectivity index (χ1v) is 9.53. The van der Waals surface area contributed by atoms with Crippen LogP contribution in [-0.2, 0) is 13.6 Å². The fourth-order valence-electron chi connectivity index (χ4n) is 3.69. The Morgan fingerprint density at radius 2 is 2.04 bits per heavy atom. The molecule has 0 aliphatic carbocycles. The summed E-state index contributed by atoms with van der Waals surface area (Å²) in [5.74, 6) is 4.00. The Labute approximate surface area is 156 Å². The van der Waals surface area contributed by atoms with Gasteiger partial charge in [0, 0.05) is 26.7 Å². The van der Waals surface area contributed by atoms with Crippen LogP contribution < -0.4 is 5.32 Å². The highest BCUT2D eigenvalue weighted by molar-refractivity contribution is 5.80. The molecule has 2 atom stereocenters. The van der Waals surface area contributed by atoms with Crippen LogP contribution in [0.15, 0.2) is 35.3 Å². The summed E-state index contributed by atoms with van der Waals surface area (Å²) >= 11 is 0. The number of benzene rings is 1. The molecule has 2 unspecified atom stereocenters. The molecule has 0 spiro atoms. The lowest BCUT2D eigenvalue weighted by Crippen LogP contribution is -2.48. The van der Waals surface area contributed by atoms with Crippen molar-refractivity contribution in [3.05, 3.63) is 47.5 Å². The number of hydrogen-bond donors (Lipinski definition) is 1. The summed E-state index contributed by atoms with van der Waals surface area (Å²) in [6.45, 7) is 9.87. The second kappa shape index (κ2) is 8.34. The monoisotopic (exact) mass is 354 g/mol. The van der Waals surface area contributed by atoms with E-state index >= 15 is 0 Å². The van der Waals surface area contributed by atoms with Gasteiger partial charge in [0.25, 0.3) is 0 Å². The van der Waals surface area contributed by atoms with Gasteiger partial charge in [-0.05, 0) is 37.7 Å². The van der Waals surface area contributed by atoms with Gasteiger partial charge in [-0.1, -0.05) is 37.3 Å². The Morgan fingerprint density at radius 3 is 2.65 bits per heavy atom. The maximum atomic E-state index is 4.82. The Bertz CT molecular complexity index is 736. The van der Waals surface area contributed by atoms with Crippen molar-refractivity contribution in [3.8, 4) is 0 Å². The number of likely N-dealkylation sites (tertiary alicyclic amines) is 1. The zero-order valence-electron chi connectivity index (χ0n) is 16.3. The van der Waals surface area contributed by atoms with E-state index in [-0.39, 0.29) is 0 Å². The van der Waals surface area contributed by atoms with Crippen LogP contribution in [0.25, 0.3) is 0 Å². The largest absolute Gasteiger partial charge is 0.357 e. The third-order valence-electron chi connectivity index (χ3n) is 5.32. The van der Waals surface area contributed by atoms with Crippen LogP contribution in [-0.4, -0.2) is 45.3 Å². The summed E-state index contributed by atoms with van der Waals surface area (Å²) in [5.41, 5.74) is 1.45. The van der Waals surface area contributed by atoms with Crippen molar-refractivity contribution in [1.82, 2.24) is 25.0 Å². The highest BCUT2D eigenvalue weighted by Gasteiger charge is 2.28. The van der Waals surface area contributed by atoms with Gasteiger partial charge >= 0.3 is 0 Å². The molecule has 1 aromatic carbocycles. The van der Waals surface area contributed by atoms with Crippen molar-refractivity contribution in [2.24, 2.45) is 18.0 Å². The third kappa shape index (κ3) is 4.06. The summed E-state index contributed by atoms with van der Waals surface area (Å²) in [6, 6.07) is 10.9. The number of piperidine rings is 1. The van der Waals surface area contributed by atoms with Crippen molar-refractivity contribution in [3.63, 3.8) is 0 Å². The second-order valence-electron chi connectivity index (χ2n) is 7.12. The Kier molecular flexibility index (Phi) is 5.91. The van der Waals surface area contributed by atoms with Gasteiger partial charge in [-0.3, -0.25) is 0 Å². The first-order chi connectivity index (χ1) is 12.6. The van der Waals surface area contributed by atoms with Crippen LogP contribution >= 0.6 is 0 Å². The van der Waals surface area contributed by atoms with Crippen LogP contribution in [0.5, 0.6) is 0 Å². The smallest absolute Gasteiger partial charge is 0.194 e. The lowest BCUT2D eigenvalue weighted by molar-refractivity contribution is 0.234. The molecule has 1 saturated heterocycles. The molecule has 1 aliphatic heterocycles. The van der Waals surface area contributed by atoms with Crippen molar-refractivity contribution in [2.75, 3.05) is 19.6 Å². The van der Waals surface area contributed by atoms with Gasteiger partial charge in [0.1, 0.15) is 12.4 Å². The summed E-state index contributed by atoms with van der Waals surface area (Å²) in [5, 5.41) is 11.8. The average molecular weight is 355 g/mol. The SMILES string of the molecule is CCNC(=NCc1nnc(C)n1C)N1CCC(c2ccccc2)C(C)C1. The van der Waals surface area contributed by atoms with Gasteiger partial charge in [-0.2, -0.15) is 0 Å². The number of nitrogens with zero attached hydrogens (tertiary/aromatic N) is 5. The lowest BCUT2D eigenvalue weighted by atomic mass is 9.82. The van der Waals surface area contributed by atoms with E-state index in [9.17, 15) is 0 Å². The molecule has 2 aromatic rings. The molecule has 0 bridgehead atoms. The molecular formula is C20H30N6. The van der Waals surface area contributed by atoms with Crippen LogP contribution in [0, 0.1) is 12.8 Å². The van der Waals surface area contributed by atoms with Gasteiger partial charge in [0.15, 0.2) is 11.8 Å². The molecule has 3 rings (SSSR count).